The SMILES string of the molecule is COC1(c2cc(C(F)(F)F)ccn2)CC(C#N)C(=O)C(C)(C)C1. The Morgan fingerprint density at radius 1 is 1.43 bits per heavy atom. The maximum atomic E-state index is 12.9. The lowest BCUT2D eigenvalue weighted by molar-refractivity contribution is -0.149. The summed E-state index contributed by atoms with van der Waals surface area (Å²) in [4.78, 5) is 16.3. The molecule has 1 heterocycles. The maximum Gasteiger partial charge on any atom is 0.416 e. The number of hydrogen-bond acceptors (Lipinski definition) is 4. The number of halogens is 3. The monoisotopic (exact) mass is 326 g/mol. The fraction of sp³-hybridized carbons (Fsp3) is 0.562. The van der Waals surface area contributed by atoms with E-state index in [2.05, 4.69) is 4.98 Å². The molecule has 1 fully saturated rings. The van der Waals surface area contributed by atoms with Gasteiger partial charge in [0, 0.05) is 25.1 Å². The maximum absolute atomic E-state index is 12.9. The summed E-state index contributed by atoms with van der Waals surface area (Å²) in [5, 5.41) is 9.23. The predicted octanol–water partition coefficient (Wildman–Crippen LogP) is 3.47. The number of hydrogen-bond donors (Lipinski definition) is 0. The van der Waals surface area contributed by atoms with Gasteiger partial charge in [-0.3, -0.25) is 9.78 Å². The van der Waals surface area contributed by atoms with Gasteiger partial charge in [-0.1, -0.05) is 13.8 Å². The van der Waals surface area contributed by atoms with E-state index in [4.69, 9.17) is 4.74 Å². The average Bonchev–Trinajstić information content (AvgIpc) is 2.49. The lowest BCUT2D eigenvalue weighted by Gasteiger charge is -2.44. The summed E-state index contributed by atoms with van der Waals surface area (Å²) in [6.07, 6.45) is -3.26. The van der Waals surface area contributed by atoms with E-state index in [1.807, 2.05) is 6.07 Å². The Hall–Kier alpha value is -1.94. The molecule has 2 unspecified atom stereocenters. The van der Waals surface area contributed by atoms with Gasteiger partial charge in [-0.25, -0.2) is 0 Å². The number of aromatic nitrogens is 1. The van der Waals surface area contributed by atoms with Crippen LogP contribution in [0.1, 0.15) is 37.9 Å². The van der Waals surface area contributed by atoms with Crippen LogP contribution >= 0.6 is 0 Å². The molecule has 0 radical (unpaired) electrons. The number of ketones is 1. The first-order chi connectivity index (χ1) is 10.6. The van der Waals surface area contributed by atoms with Crippen LogP contribution in [0.2, 0.25) is 0 Å². The number of pyridine rings is 1. The summed E-state index contributed by atoms with van der Waals surface area (Å²) >= 11 is 0. The largest absolute Gasteiger partial charge is 0.416 e. The number of nitriles is 1. The molecule has 1 aliphatic carbocycles. The van der Waals surface area contributed by atoms with Gasteiger partial charge in [0.25, 0.3) is 0 Å². The lowest BCUT2D eigenvalue weighted by Crippen LogP contribution is -2.48. The van der Waals surface area contributed by atoms with E-state index < -0.39 is 28.7 Å². The molecule has 2 atom stereocenters. The van der Waals surface area contributed by atoms with Crippen molar-refractivity contribution in [2.24, 2.45) is 11.3 Å². The number of carbonyl (C=O) groups is 1. The van der Waals surface area contributed by atoms with Crippen molar-refractivity contribution in [1.82, 2.24) is 4.98 Å². The van der Waals surface area contributed by atoms with Crippen LogP contribution in [-0.2, 0) is 21.3 Å². The first kappa shape index (κ1) is 17.4. The zero-order valence-corrected chi connectivity index (χ0v) is 13.1. The highest BCUT2D eigenvalue weighted by atomic mass is 19.4. The molecule has 1 saturated carbocycles. The molecular weight excluding hydrogens is 309 g/mol. The molecule has 0 bridgehead atoms. The minimum Gasteiger partial charge on any atom is -0.372 e. The fourth-order valence-electron chi connectivity index (χ4n) is 3.18. The second-order valence-electron chi connectivity index (χ2n) is 6.44. The summed E-state index contributed by atoms with van der Waals surface area (Å²) in [6.45, 7) is 3.33. The Kier molecular flexibility index (Phi) is 4.24. The molecule has 23 heavy (non-hydrogen) atoms. The van der Waals surface area contributed by atoms with Crippen molar-refractivity contribution < 1.29 is 22.7 Å². The van der Waals surface area contributed by atoms with Crippen molar-refractivity contribution in [2.45, 2.75) is 38.5 Å². The van der Waals surface area contributed by atoms with Gasteiger partial charge < -0.3 is 4.74 Å². The van der Waals surface area contributed by atoms with E-state index >= 15 is 0 Å². The van der Waals surface area contributed by atoms with Crippen LogP contribution < -0.4 is 0 Å². The van der Waals surface area contributed by atoms with E-state index in [0.717, 1.165) is 18.3 Å². The molecular formula is C16H17F3N2O2. The lowest BCUT2D eigenvalue weighted by atomic mass is 9.63. The summed E-state index contributed by atoms with van der Waals surface area (Å²) < 4.78 is 44.4. The summed E-state index contributed by atoms with van der Waals surface area (Å²) in [5.41, 5.74) is -2.82. The van der Waals surface area contributed by atoms with Crippen molar-refractivity contribution in [2.75, 3.05) is 7.11 Å². The molecule has 1 aliphatic rings. The number of nitrogens with zero attached hydrogens (tertiary/aromatic N) is 2. The summed E-state index contributed by atoms with van der Waals surface area (Å²) in [7, 11) is 1.36. The molecule has 1 aromatic rings. The van der Waals surface area contributed by atoms with Crippen LogP contribution in [0.5, 0.6) is 0 Å². The number of carbonyl (C=O) groups excluding carboxylic acids is 1. The quantitative estimate of drug-likeness (QED) is 0.835. The number of ether oxygens (including phenoxy) is 1. The van der Waals surface area contributed by atoms with E-state index in [1.54, 1.807) is 13.8 Å². The number of Topliss-reactive ketones (excluding diaryl/α,β-unsaturated/α-hetero) is 1. The minimum absolute atomic E-state index is 0.00340. The van der Waals surface area contributed by atoms with Crippen molar-refractivity contribution in [3.05, 3.63) is 29.6 Å². The topological polar surface area (TPSA) is 63.0 Å². The van der Waals surface area contributed by atoms with Crippen LogP contribution in [0.25, 0.3) is 0 Å². The fourth-order valence-corrected chi connectivity index (χ4v) is 3.18. The molecule has 0 amide bonds. The molecule has 2 rings (SSSR count). The van der Waals surface area contributed by atoms with E-state index in [-0.39, 0.29) is 24.3 Å². The molecule has 0 spiro atoms. The zero-order chi connectivity index (χ0) is 17.5. The Bertz CT molecular complexity index is 664. The Morgan fingerprint density at radius 2 is 2.09 bits per heavy atom. The summed E-state index contributed by atoms with van der Waals surface area (Å²) in [6, 6.07) is 3.75. The Morgan fingerprint density at radius 3 is 2.61 bits per heavy atom. The van der Waals surface area contributed by atoms with E-state index in [1.165, 1.54) is 7.11 Å². The number of alkyl halides is 3. The first-order valence-corrected chi connectivity index (χ1v) is 7.08. The van der Waals surface area contributed by atoms with Crippen LogP contribution in [0, 0.1) is 22.7 Å². The van der Waals surface area contributed by atoms with Gasteiger partial charge in [-0.2, -0.15) is 18.4 Å². The van der Waals surface area contributed by atoms with Crippen LogP contribution in [0.3, 0.4) is 0 Å². The highest BCUT2D eigenvalue weighted by molar-refractivity contribution is 5.89. The number of methoxy groups -OCH3 is 1. The normalized spacial score (nSPS) is 27.5. The molecule has 0 saturated heterocycles. The van der Waals surface area contributed by atoms with Gasteiger partial charge in [0.1, 0.15) is 11.5 Å². The van der Waals surface area contributed by atoms with Gasteiger partial charge in [0.05, 0.1) is 17.3 Å². The third-order valence-electron chi connectivity index (χ3n) is 4.35. The highest BCUT2D eigenvalue weighted by Crippen LogP contribution is 2.48. The number of rotatable bonds is 2. The van der Waals surface area contributed by atoms with Crippen molar-refractivity contribution >= 4 is 5.78 Å². The third kappa shape index (κ3) is 3.08. The van der Waals surface area contributed by atoms with Crippen molar-refractivity contribution in [3.8, 4) is 6.07 Å². The third-order valence-corrected chi connectivity index (χ3v) is 4.35. The van der Waals surface area contributed by atoms with Crippen LogP contribution in [0.15, 0.2) is 18.3 Å². The van der Waals surface area contributed by atoms with Crippen LogP contribution in [0.4, 0.5) is 13.2 Å². The molecule has 124 valence electrons. The molecule has 0 aliphatic heterocycles. The Labute approximate surface area is 132 Å². The van der Waals surface area contributed by atoms with Crippen molar-refractivity contribution in [3.63, 3.8) is 0 Å². The highest BCUT2D eigenvalue weighted by Gasteiger charge is 2.52. The Balaban J connectivity index is 2.54. The van der Waals surface area contributed by atoms with Gasteiger partial charge in [0.2, 0.25) is 0 Å². The molecule has 0 N–H and O–H groups in total. The standard InChI is InChI=1S/C16H17F3N2O2/c1-14(2)9-15(23-3,7-10(8-20)13(14)22)12-6-11(4-5-21-12)16(17,18)19/h4-6,10H,7,9H2,1-3H3. The molecule has 4 nitrogen and oxygen atoms in total. The van der Waals surface area contributed by atoms with E-state index in [0.29, 0.717) is 0 Å². The van der Waals surface area contributed by atoms with Gasteiger partial charge in [-0.05, 0) is 18.6 Å². The first-order valence-electron chi connectivity index (χ1n) is 7.08. The zero-order valence-electron chi connectivity index (χ0n) is 13.1. The molecule has 0 aromatic carbocycles. The van der Waals surface area contributed by atoms with Gasteiger partial charge >= 0.3 is 6.18 Å². The predicted molar refractivity (Wildman–Crippen MR) is 75.1 cm³/mol. The van der Waals surface area contributed by atoms with Gasteiger partial charge in [-0.15, -0.1) is 0 Å². The van der Waals surface area contributed by atoms with Crippen molar-refractivity contribution in [1.29, 1.82) is 5.26 Å². The second kappa shape index (κ2) is 5.60. The van der Waals surface area contributed by atoms with Gasteiger partial charge in [0.15, 0.2) is 5.78 Å². The minimum atomic E-state index is -4.50. The van der Waals surface area contributed by atoms with E-state index in [9.17, 15) is 23.2 Å². The molecule has 7 heteroatoms. The van der Waals surface area contributed by atoms with Crippen LogP contribution in [-0.4, -0.2) is 17.9 Å². The second-order valence-corrected chi connectivity index (χ2v) is 6.44. The average molecular weight is 326 g/mol. The molecule has 1 aromatic heterocycles. The smallest absolute Gasteiger partial charge is 0.372 e. The summed E-state index contributed by atoms with van der Waals surface area (Å²) in [5.74, 6) is -1.16.